The highest BCUT2D eigenvalue weighted by Gasteiger charge is 2.33. The second-order valence-corrected chi connectivity index (χ2v) is 8.33. The smallest absolute Gasteiger partial charge is 0.229 e. The third-order valence-corrected chi connectivity index (χ3v) is 6.19. The van der Waals surface area contributed by atoms with Crippen molar-refractivity contribution in [3.63, 3.8) is 0 Å². The summed E-state index contributed by atoms with van der Waals surface area (Å²) in [7, 11) is 0. The van der Waals surface area contributed by atoms with Crippen LogP contribution in [0.15, 0.2) is 84.0 Å². The van der Waals surface area contributed by atoms with Crippen molar-refractivity contribution in [3.8, 4) is 16.3 Å². The van der Waals surface area contributed by atoms with Crippen molar-refractivity contribution >= 4 is 33.8 Å². The van der Waals surface area contributed by atoms with E-state index < -0.39 is 0 Å². The maximum absolute atomic E-state index is 10.4. The number of halogens is 1. The number of aromatic nitrogens is 2. The fraction of sp³-hybridized carbons (Fsp3) is 0.0870. The molecular formula is C23H17ClN4OS. The number of rotatable bonds is 4. The molecule has 1 aliphatic rings. The van der Waals surface area contributed by atoms with Crippen molar-refractivity contribution in [1.82, 2.24) is 10.2 Å². The molecular weight excluding hydrogens is 416 g/mol. The molecule has 0 spiro atoms. The van der Waals surface area contributed by atoms with Gasteiger partial charge in [0.25, 0.3) is 0 Å². The number of phenols is 1. The van der Waals surface area contributed by atoms with Crippen molar-refractivity contribution in [2.24, 2.45) is 5.10 Å². The van der Waals surface area contributed by atoms with E-state index in [1.807, 2.05) is 53.5 Å². The molecule has 0 fully saturated rings. The Balaban J connectivity index is 1.56. The van der Waals surface area contributed by atoms with Crippen LogP contribution in [0.3, 0.4) is 0 Å². The molecule has 1 N–H and O–H groups in total. The highest BCUT2D eigenvalue weighted by Crippen LogP contribution is 2.40. The Morgan fingerprint density at radius 1 is 0.933 bits per heavy atom. The lowest BCUT2D eigenvalue weighted by molar-refractivity contribution is 0.474. The minimum absolute atomic E-state index is 0.0452. The molecule has 1 aliphatic heterocycles. The normalized spacial score (nSPS) is 16.0. The summed E-state index contributed by atoms with van der Waals surface area (Å²) in [6, 6.07) is 25.1. The molecule has 0 amide bonds. The summed E-state index contributed by atoms with van der Waals surface area (Å²) in [5.74, 6) is 0.161. The zero-order chi connectivity index (χ0) is 20.5. The molecule has 30 heavy (non-hydrogen) atoms. The lowest BCUT2D eigenvalue weighted by Crippen LogP contribution is -2.18. The zero-order valence-electron chi connectivity index (χ0n) is 15.8. The van der Waals surface area contributed by atoms with E-state index in [4.69, 9.17) is 16.7 Å². The number of hydrogen-bond donors (Lipinski definition) is 1. The lowest BCUT2D eigenvalue weighted by atomic mass is 9.98. The lowest BCUT2D eigenvalue weighted by Gasteiger charge is -2.20. The van der Waals surface area contributed by atoms with Gasteiger partial charge in [-0.3, -0.25) is 0 Å². The number of anilines is 1. The number of hydrazone groups is 1. The number of nitrogens with zero attached hydrogens (tertiary/aromatic N) is 4. The summed E-state index contributed by atoms with van der Waals surface area (Å²) in [6.45, 7) is 0. The second-order valence-electron chi connectivity index (χ2n) is 6.94. The van der Waals surface area contributed by atoms with Crippen molar-refractivity contribution in [2.45, 2.75) is 12.5 Å². The van der Waals surface area contributed by atoms with Crippen LogP contribution < -0.4 is 5.01 Å². The van der Waals surface area contributed by atoms with E-state index >= 15 is 0 Å². The number of phenolic OH excluding ortho intramolecular Hbond substituents is 1. The zero-order valence-corrected chi connectivity index (χ0v) is 17.4. The van der Waals surface area contributed by atoms with Gasteiger partial charge < -0.3 is 5.11 Å². The summed E-state index contributed by atoms with van der Waals surface area (Å²) in [5, 5.41) is 28.0. The molecule has 0 radical (unpaired) electrons. The van der Waals surface area contributed by atoms with Gasteiger partial charge in [-0.15, -0.1) is 10.2 Å². The maximum Gasteiger partial charge on any atom is 0.229 e. The van der Waals surface area contributed by atoms with Crippen molar-refractivity contribution in [1.29, 1.82) is 0 Å². The Morgan fingerprint density at radius 3 is 2.43 bits per heavy atom. The van der Waals surface area contributed by atoms with Crippen LogP contribution in [0.5, 0.6) is 5.75 Å². The van der Waals surface area contributed by atoms with Crippen molar-refractivity contribution in [3.05, 3.63) is 95.0 Å². The van der Waals surface area contributed by atoms with Crippen molar-refractivity contribution < 1.29 is 5.11 Å². The molecule has 0 bridgehead atoms. The molecule has 0 aliphatic carbocycles. The minimum atomic E-state index is -0.0452. The van der Waals surface area contributed by atoms with E-state index in [2.05, 4.69) is 22.3 Å². The van der Waals surface area contributed by atoms with E-state index in [1.54, 1.807) is 18.2 Å². The fourth-order valence-corrected chi connectivity index (χ4v) is 4.55. The topological polar surface area (TPSA) is 61.6 Å². The van der Waals surface area contributed by atoms with Crippen LogP contribution in [0.1, 0.15) is 23.6 Å². The van der Waals surface area contributed by atoms with Crippen LogP contribution in [-0.2, 0) is 0 Å². The Morgan fingerprint density at radius 2 is 1.67 bits per heavy atom. The monoisotopic (exact) mass is 432 g/mol. The number of benzene rings is 3. The summed E-state index contributed by atoms with van der Waals surface area (Å²) in [4.78, 5) is 0. The molecule has 2 heterocycles. The van der Waals surface area contributed by atoms with Crippen LogP contribution in [-0.4, -0.2) is 21.0 Å². The van der Waals surface area contributed by atoms with Gasteiger partial charge in [0.05, 0.1) is 11.8 Å². The molecule has 0 saturated carbocycles. The van der Waals surface area contributed by atoms with E-state index in [-0.39, 0.29) is 11.8 Å². The summed E-state index contributed by atoms with van der Waals surface area (Å²) in [5.41, 5.74) is 3.54. The second kappa shape index (κ2) is 7.89. The number of hydrogen-bond acceptors (Lipinski definition) is 6. The largest absolute Gasteiger partial charge is 0.507 e. The first-order valence-corrected chi connectivity index (χ1v) is 10.7. The number of aromatic hydroxyl groups is 1. The van der Waals surface area contributed by atoms with Gasteiger partial charge in [-0.05, 0) is 23.8 Å². The quantitative estimate of drug-likeness (QED) is 0.434. The fourth-order valence-electron chi connectivity index (χ4n) is 3.53. The van der Waals surface area contributed by atoms with Gasteiger partial charge in [0.1, 0.15) is 10.8 Å². The molecule has 1 unspecified atom stereocenters. The van der Waals surface area contributed by atoms with Crippen LogP contribution >= 0.6 is 22.9 Å². The summed E-state index contributed by atoms with van der Waals surface area (Å²) in [6.07, 6.45) is 0.623. The average Bonchev–Trinajstić information content (AvgIpc) is 3.44. The van der Waals surface area contributed by atoms with Gasteiger partial charge in [-0.25, -0.2) is 5.01 Å². The first kappa shape index (κ1) is 18.8. The molecule has 4 aromatic rings. The average molecular weight is 433 g/mol. The standard InChI is InChI=1S/C23H17ClN4OS/c24-17-11-12-21(29)18(13-17)19-14-20(15-7-3-1-4-8-15)28(27-19)23-26-25-22(30-23)16-9-5-2-6-10-16/h1-13,20,29H,14H2. The van der Waals surface area contributed by atoms with Crippen LogP contribution in [0.2, 0.25) is 5.02 Å². The molecule has 7 heteroatoms. The summed E-state index contributed by atoms with van der Waals surface area (Å²) >= 11 is 7.67. The van der Waals surface area contributed by atoms with Crippen molar-refractivity contribution in [2.75, 3.05) is 5.01 Å². The molecule has 3 aromatic carbocycles. The molecule has 148 valence electrons. The SMILES string of the molecule is Oc1ccc(Cl)cc1C1=NN(c2nnc(-c3ccccc3)s2)C(c2ccccc2)C1. The van der Waals surface area contributed by atoms with E-state index in [1.165, 1.54) is 11.3 Å². The maximum atomic E-state index is 10.4. The van der Waals surface area contributed by atoms with Gasteiger partial charge in [0.15, 0.2) is 0 Å². The van der Waals surface area contributed by atoms with Crippen LogP contribution in [0.25, 0.3) is 10.6 Å². The predicted octanol–water partition coefficient (Wildman–Crippen LogP) is 5.92. The van der Waals surface area contributed by atoms with Gasteiger partial charge in [-0.1, -0.05) is 83.6 Å². The van der Waals surface area contributed by atoms with Crippen LogP contribution in [0, 0.1) is 0 Å². The molecule has 0 saturated heterocycles. The Kier molecular flexibility index (Phi) is 4.94. The van der Waals surface area contributed by atoms with Gasteiger partial charge in [-0.2, -0.15) is 5.10 Å². The Labute approximate surface area is 182 Å². The predicted molar refractivity (Wildman–Crippen MR) is 121 cm³/mol. The minimum Gasteiger partial charge on any atom is -0.507 e. The first-order chi connectivity index (χ1) is 14.7. The van der Waals surface area contributed by atoms with Gasteiger partial charge in [0, 0.05) is 22.6 Å². The molecule has 5 nitrogen and oxygen atoms in total. The summed E-state index contributed by atoms with van der Waals surface area (Å²) < 4.78 is 0. The molecule has 1 atom stereocenters. The van der Waals surface area contributed by atoms with E-state index in [9.17, 15) is 5.11 Å². The van der Waals surface area contributed by atoms with E-state index in [0.717, 1.165) is 21.8 Å². The third kappa shape index (κ3) is 3.56. The van der Waals surface area contributed by atoms with Crippen LogP contribution in [0.4, 0.5) is 5.13 Å². The van der Waals surface area contributed by atoms with Gasteiger partial charge >= 0.3 is 0 Å². The third-order valence-electron chi connectivity index (χ3n) is 5.00. The molecule has 5 rings (SSSR count). The Hall–Kier alpha value is -3.22. The highest BCUT2D eigenvalue weighted by molar-refractivity contribution is 7.18. The Bertz CT molecular complexity index is 1210. The van der Waals surface area contributed by atoms with E-state index in [0.29, 0.717) is 22.1 Å². The molecule has 1 aromatic heterocycles. The first-order valence-electron chi connectivity index (χ1n) is 9.48. The van der Waals surface area contributed by atoms with Gasteiger partial charge in [0.2, 0.25) is 5.13 Å². The highest BCUT2D eigenvalue weighted by atomic mass is 35.5.